The molecule has 5 rings (SSSR count). The molecule has 4 aromatic rings. The molecule has 0 aliphatic carbocycles. The Bertz CT molecular complexity index is 1560. The molecule has 0 bridgehead atoms. The first-order valence-electron chi connectivity index (χ1n) is 11.5. The van der Waals surface area contributed by atoms with Crippen molar-refractivity contribution in [2.75, 3.05) is 24.8 Å². The molecule has 1 fully saturated rings. The summed E-state index contributed by atoms with van der Waals surface area (Å²) < 4.78 is 28.8. The summed E-state index contributed by atoms with van der Waals surface area (Å²) in [7, 11) is 1.55. The van der Waals surface area contributed by atoms with Crippen molar-refractivity contribution in [1.82, 2.24) is 14.1 Å². The number of anilines is 1. The molecule has 8 nitrogen and oxygen atoms in total. The Morgan fingerprint density at radius 1 is 1.32 bits per heavy atom. The second kappa shape index (κ2) is 11.1. The number of rotatable bonds is 8. The van der Waals surface area contributed by atoms with Crippen LogP contribution in [-0.2, 0) is 16.1 Å². The maximum atomic E-state index is 13.7. The minimum Gasteiger partial charge on any atom is -0.497 e. The normalized spacial score (nSPS) is 15.2. The molecule has 1 aliphatic heterocycles. The van der Waals surface area contributed by atoms with E-state index in [1.165, 1.54) is 40.2 Å². The maximum Gasteiger partial charge on any atom is 0.278 e. The lowest BCUT2D eigenvalue weighted by molar-refractivity contribution is -0.113. The highest BCUT2D eigenvalue weighted by atomic mass is 32.2. The first-order chi connectivity index (χ1) is 17.9. The van der Waals surface area contributed by atoms with Crippen LogP contribution in [0.2, 0.25) is 0 Å². The van der Waals surface area contributed by atoms with Gasteiger partial charge in [-0.05, 0) is 61.5 Å². The molecule has 2 aromatic carbocycles. The number of amides is 1. The Balaban J connectivity index is 1.50. The van der Waals surface area contributed by atoms with Crippen molar-refractivity contribution >= 4 is 57.3 Å². The lowest BCUT2D eigenvalue weighted by Crippen LogP contribution is -2.23. The third-order valence-corrected chi connectivity index (χ3v) is 8.20. The van der Waals surface area contributed by atoms with Gasteiger partial charge in [0.15, 0.2) is 14.8 Å². The molecule has 1 aliphatic rings. The van der Waals surface area contributed by atoms with E-state index in [9.17, 15) is 14.0 Å². The molecule has 0 radical (unpaired) electrons. The van der Waals surface area contributed by atoms with Crippen molar-refractivity contribution in [2.45, 2.75) is 30.6 Å². The summed E-state index contributed by atoms with van der Waals surface area (Å²) in [4.78, 5) is 31.2. The van der Waals surface area contributed by atoms with E-state index in [0.29, 0.717) is 49.7 Å². The van der Waals surface area contributed by atoms with Crippen LogP contribution < -0.4 is 15.6 Å². The van der Waals surface area contributed by atoms with Gasteiger partial charge >= 0.3 is 0 Å². The summed E-state index contributed by atoms with van der Waals surface area (Å²) in [6.45, 7) is 1.21. The Labute approximate surface area is 225 Å². The van der Waals surface area contributed by atoms with Crippen molar-refractivity contribution in [1.29, 1.82) is 0 Å². The average molecular weight is 559 g/mol. The van der Waals surface area contributed by atoms with Gasteiger partial charge < -0.3 is 19.4 Å². The number of halogens is 1. The van der Waals surface area contributed by atoms with Gasteiger partial charge in [0, 0.05) is 18.4 Å². The van der Waals surface area contributed by atoms with Gasteiger partial charge in [-0.3, -0.25) is 14.2 Å². The number of carbonyl (C=O) groups is 1. The van der Waals surface area contributed by atoms with Crippen LogP contribution in [0.25, 0.3) is 16.0 Å². The van der Waals surface area contributed by atoms with Crippen LogP contribution in [-0.4, -0.2) is 45.6 Å². The quantitative estimate of drug-likeness (QED) is 0.184. The largest absolute Gasteiger partial charge is 0.497 e. The topological polar surface area (TPSA) is 87.4 Å². The van der Waals surface area contributed by atoms with E-state index in [2.05, 4.69) is 5.32 Å². The number of methoxy groups -OCH3 is 1. The molecule has 1 saturated heterocycles. The van der Waals surface area contributed by atoms with Crippen LogP contribution in [0.5, 0.6) is 5.75 Å². The summed E-state index contributed by atoms with van der Waals surface area (Å²) in [6, 6.07) is 12.6. The van der Waals surface area contributed by atoms with E-state index in [4.69, 9.17) is 26.7 Å². The molecule has 0 unspecified atom stereocenters. The molecule has 1 atom stereocenters. The summed E-state index contributed by atoms with van der Waals surface area (Å²) in [5.41, 5.74) is 1.17. The summed E-state index contributed by atoms with van der Waals surface area (Å²) in [5.74, 6) is -0.0843. The molecule has 0 spiro atoms. The van der Waals surface area contributed by atoms with Gasteiger partial charge in [-0.1, -0.05) is 29.2 Å². The summed E-state index contributed by atoms with van der Waals surface area (Å²) in [5, 5.41) is 3.13. The van der Waals surface area contributed by atoms with Crippen LogP contribution in [0, 0.1) is 9.77 Å². The zero-order valence-corrected chi connectivity index (χ0v) is 22.3. The number of hydrogen-bond acceptors (Lipinski definition) is 8. The van der Waals surface area contributed by atoms with Crippen LogP contribution >= 0.6 is 35.3 Å². The van der Waals surface area contributed by atoms with Gasteiger partial charge in [-0.2, -0.15) is 0 Å². The second-order valence-corrected chi connectivity index (χ2v) is 10.9. The number of thiazole rings is 1. The molecule has 192 valence electrons. The van der Waals surface area contributed by atoms with Gasteiger partial charge in [0.2, 0.25) is 5.91 Å². The lowest BCUT2D eigenvalue weighted by atomic mass is 10.2. The molecular formula is C25H23FN4O4S3. The lowest BCUT2D eigenvalue weighted by Gasteiger charge is -2.14. The van der Waals surface area contributed by atoms with E-state index in [-0.39, 0.29) is 23.3 Å². The highest BCUT2D eigenvalue weighted by Gasteiger charge is 2.22. The Kier molecular flexibility index (Phi) is 7.70. The highest BCUT2D eigenvalue weighted by Crippen LogP contribution is 2.27. The van der Waals surface area contributed by atoms with Crippen molar-refractivity contribution in [2.24, 2.45) is 0 Å². The first kappa shape index (κ1) is 25.6. The minimum absolute atomic E-state index is 0.00699. The molecule has 0 saturated carbocycles. The van der Waals surface area contributed by atoms with Crippen molar-refractivity contribution in [3.05, 3.63) is 68.7 Å². The zero-order chi connectivity index (χ0) is 25.9. The first-order valence-corrected chi connectivity index (χ1v) is 13.7. The summed E-state index contributed by atoms with van der Waals surface area (Å²) in [6.07, 6.45) is 1.90. The number of hydrogen-bond donors (Lipinski definition) is 1. The van der Waals surface area contributed by atoms with Gasteiger partial charge in [0.05, 0.1) is 31.2 Å². The van der Waals surface area contributed by atoms with Crippen molar-refractivity contribution in [3.63, 3.8) is 0 Å². The van der Waals surface area contributed by atoms with Crippen LogP contribution in [0.15, 0.2) is 58.5 Å². The number of aromatic nitrogens is 3. The molecular weight excluding hydrogens is 535 g/mol. The third-order valence-electron chi connectivity index (χ3n) is 5.84. The van der Waals surface area contributed by atoms with Crippen LogP contribution in [0.1, 0.15) is 12.8 Å². The fourth-order valence-electron chi connectivity index (χ4n) is 4.07. The monoisotopic (exact) mass is 558 g/mol. The van der Waals surface area contributed by atoms with E-state index < -0.39 is 5.82 Å². The standard InChI is InChI=1S/C25H23FN4O4S3/c1-33-18-5-2-4-16(12-18)27-20(31)14-36-24-28-22-21(23(32)30(24)17-9-7-15(26)8-10-17)37-25(35)29(22)13-19-6-3-11-34-19/h2,4-5,7-10,12,19H,3,6,11,13-14H2,1H3,(H,27,31)/t19-/m1/s1. The minimum atomic E-state index is -0.420. The van der Waals surface area contributed by atoms with Crippen LogP contribution in [0.3, 0.4) is 0 Å². The highest BCUT2D eigenvalue weighted by molar-refractivity contribution is 7.99. The Hall–Kier alpha value is -3.06. The Morgan fingerprint density at radius 2 is 2.14 bits per heavy atom. The molecule has 2 aromatic heterocycles. The van der Waals surface area contributed by atoms with Gasteiger partial charge in [0.1, 0.15) is 16.3 Å². The number of carbonyl (C=O) groups excluding carboxylic acids is 1. The van der Waals surface area contributed by atoms with E-state index in [1.54, 1.807) is 31.4 Å². The molecule has 1 N–H and O–H groups in total. The predicted octanol–water partition coefficient (Wildman–Crippen LogP) is 5.04. The summed E-state index contributed by atoms with van der Waals surface area (Å²) >= 11 is 7.88. The maximum absolute atomic E-state index is 13.7. The predicted molar refractivity (Wildman–Crippen MR) is 145 cm³/mol. The van der Waals surface area contributed by atoms with E-state index >= 15 is 0 Å². The molecule has 3 heterocycles. The number of ether oxygens (including phenoxy) is 2. The van der Waals surface area contributed by atoms with E-state index in [1.807, 2.05) is 4.57 Å². The smallest absolute Gasteiger partial charge is 0.278 e. The number of thioether (sulfide) groups is 1. The van der Waals surface area contributed by atoms with Gasteiger partial charge in [-0.15, -0.1) is 0 Å². The Morgan fingerprint density at radius 3 is 2.86 bits per heavy atom. The fourth-order valence-corrected chi connectivity index (χ4v) is 6.16. The SMILES string of the molecule is COc1cccc(NC(=O)CSc2nc3c(sc(=S)n3C[C@H]3CCCO3)c(=O)n2-c2ccc(F)cc2)c1. The molecule has 12 heteroatoms. The van der Waals surface area contributed by atoms with Crippen molar-refractivity contribution < 1.29 is 18.7 Å². The van der Waals surface area contributed by atoms with Gasteiger partial charge in [0.25, 0.3) is 5.56 Å². The number of fused-ring (bicyclic) bond motifs is 1. The van der Waals surface area contributed by atoms with Gasteiger partial charge in [-0.25, -0.2) is 9.37 Å². The number of nitrogens with zero attached hydrogens (tertiary/aromatic N) is 3. The second-order valence-electron chi connectivity index (χ2n) is 8.35. The molecule has 1 amide bonds. The van der Waals surface area contributed by atoms with E-state index in [0.717, 1.165) is 24.6 Å². The molecule has 37 heavy (non-hydrogen) atoms. The average Bonchev–Trinajstić information content (AvgIpc) is 3.52. The van der Waals surface area contributed by atoms with Crippen molar-refractivity contribution in [3.8, 4) is 11.4 Å². The third kappa shape index (κ3) is 5.61. The zero-order valence-electron chi connectivity index (χ0n) is 19.8. The number of benzene rings is 2. The van der Waals surface area contributed by atoms with Crippen LogP contribution in [0.4, 0.5) is 10.1 Å². The number of nitrogens with one attached hydrogen (secondary N) is 1. The fraction of sp³-hybridized carbons (Fsp3) is 0.280.